The number of ether oxygens (including phenoxy) is 1. The highest BCUT2D eigenvalue weighted by Gasteiger charge is 2.30. The number of rotatable bonds is 7. The first-order chi connectivity index (χ1) is 11.3. The summed E-state index contributed by atoms with van der Waals surface area (Å²) >= 11 is 0. The van der Waals surface area contributed by atoms with Crippen molar-refractivity contribution >= 4 is 12.4 Å². The Morgan fingerprint density at radius 1 is 1.24 bits per heavy atom. The molecule has 25 heavy (non-hydrogen) atoms. The van der Waals surface area contributed by atoms with Crippen LogP contribution in [0.5, 0.6) is 5.75 Å². The lowest BCUT2D eigenvalue weighted by atomic mass is 9.97. The van der Waals surface area contributed by atoms with E-state index in [0.29, 0.717) is 18.2 Å². The molecule has 8 heteroatoms. The summed E-state index contributed by atoms with van der Waals surface area (Å²) in [5.74, 6) is 0.960. The first-order valence-corrected chi connectivity index (χ1v) is 8.22. The Balaban J connectivity index is 0.00000312. The summed E-state index contributed by atoms with van der Waals surface area (Å²) in [6, 6.07) is 4.50. The SMILES string of the molecule is CN(CC(O)COc1ccc(C(F)(F)F)cc1)CC1CCNCC1.Cl. The first kappa shape index (κ1) is 22.0. The maximum absolute atomic E-state index is 12.5. The molecule has 1 heterocycles. The second-order valence-electron chi connectivity index (χ2n) is 6.40. The fraction of sp³-hybridized carbons (Fsp3) is 0.647. The van der Waals surface area contributed by atoms with Crippen LogP contribution in [-0.4, -0.2) is 55.9 Å². The predicted molar refractivity (Wildman–Crippen MR) is 93.3 cm³/mol. The van der Waals surface area contributed by atoms with Crippen molar-refractivity contribution in [2.75, 3.05) is 39.8 Å². The Morgan fingerprint density at radius 2 is 1.84 bits per heavy atom. The highest BCUT2D eigenvalue weighted by Crippen LogP contribution is 2.30. The molecule has 0 aliphatic carbocycles. The minimum atomic E-state index is -4.35. The largest absolute Gasteiger partial charge is 0.491 e. The van der Waals surface area contributed by atoms with Crippen molar-refractivity contribution in [3.63, 3.8) is 0 Å². The van der Waals surface area contributed by atoms with Gasteiger partial charge in [-0.05, 0) is 63.2 Å². The van der Waals surface area contributed by atoms with Crippen LogP contribution in [0.4, 0.5) is 13.2 Å². The molecule has 0 spiro atoms. The predicted octanol–water partition coefficient (Wildman–Crippen LogP) is 2.80. The molecule has 2 N–H and O–H groups in total. The zero-order chi connectivity index (χ0) is 17.6. The average molecular weight is 383 g/mol. The smallest absolute Gasteiger partial charge is 0.416 e. The summed E-state index contributed by atoms with van der Waals surface area (Å²) in [6.45, 7) is 3.54. The number of hydrogen-bond acceptors (Lipinski definition) is 4. The van der Waals surface area contributed by atoms with E-state index in [4.69, 9.17) is 4.74 Å². The molecule has 0 aromatic heterocycles. The minimum Gasteiger partial charge on any atom is -0.491 e. The van der Waals surface area contributed by atoms with Crippen LogP contribution in [0.25, 0.3) is 0 Å². The lowest BCUT2D eigenvalue weighted by Crippen LogP contribution is -2.39. The van der Waals surface area contributed by atoms with Gasteiger partial charge in [0.05, 0.1) is 5.56 Å². The van der Waals surface area contributed by atoms with Crippen LogP contribution in [0.15, 0.2) is 24.3 Å². The number of nitrogens with one attached hydrogen (secondary N) is 1. The van der Waals surface area contributed by atoms with Crippen LogP contribution in [0.2, 0.25) is 0 Å². The number of likely N-dealkylation sites (N-methyl/N-ethyl adjacent to an activating group) is 1. The van der Waals surface area contributed by atoms with E-state index in [1.165, 1.54) is 12.1 Å². The van der Waals surface area contributed by atoms with Gasteiger partial charge in [0, 0.05) is 13.1 Å². The average Bonchev–Trinajstić information content (AvgIpc) is 2.53. The van der Waals surface area contributed by atoms with Gasteiger partial charge in [-0.15, -0.1) is 12.4 Å². The molecule has 1 aromatic carbocycles. The Bertz CT molecular complexity index is 494. The summed E-state index contributed by atoms with van der Waals surface area (Å²) in [7, 11) is 1.96. The molecule has 0 saturated carbocycles. The molecule has 144 valence electrons. The van der Waals surface area contributed by atoms with Crippen molar-refractivity contribution in [3.05, 3.63) is 29.8 Å². The summed E-state index contributed by atoms with van der Waals surface area (Å²) in [5, 5.41) is 13.4. The quantitative estimate of drug-likeness (QED) is 0.761. The molecule has 4 nitrogen and oxygen atoms in total. The Hall–Kier alpha value is -1.02. The van der Waals surface area contributed by atoms with E-state index in [-0.39, 0.29) is 19.0 Å². The second-order valence-corrected chi connectivity index (χ2v) is 6.40. The molecule has 0 radical (unpaired) electrons. The van der Waals surface area contributed by atoms with Gasteiger partial charge in [-0.3, -0.25) is 0 Å². The van der Waals surface area contributed by atoms with Crippen molar-refractivity contribution in [2.24, 2.45) is 5.92 Å². The van der Waals surface area contributed by atoms with Gasteiger partial charge in [-0.25, -0.2) is 0 Å². The number of hydrogen-bond donors (Lipinski definition) is 2. The van der Waals surface area contributed by atoms with E-state index in [0.717, 1.165) is 44.6 Å². The molecule has 1 saturated heterocycles. The molecular weight excluding hydrogens is 357 g/mol. The molecule has 1 aromatic rings. The number of halogens is 4. The number of aliphatic hydroxyl groups is 1. The minimum absolute atomic E-state index is 0. The highest BCUT2D eigenvalue weighted by molar-refractivity contribution is 5.85. The zero-order valence-electron chi connectivity index (χ0n) is 14.3. The lowest BCUT2D eigenvalue weighted by Gasteiger charge is -2.28. The van der Waals surface area contributed by atoms with Gasteiger partial charge in [0.25, 0.3) is 0 Å². The van der Waals surface area contributed by atoms with Gasteiger partial charge >= 0.3 is 6.18 Å². The van der Waals surface area contributed by atoms with E-state index >= 15 is 0 Å². The number of aliphatic hydroxyl groups excluding tert-OH is 1. The summed E-state index contributed by atoms with van der Waals surface area (Å²) in [4.78, 5) is 2.08. The number of piperidine rings is 1. The van der Waals surface area contributed by atoms with Gasteiger partial charge in [-0.2, -0.15) is 13.2 Å². The normalized spacial score (nSPS) is 17.2. The molecule has 1 atom stereocenters. The standard InChI is InChI=1S/C17H25F3N2O2.ClH/c1-22(10-13-6-8-21-9-7-13)11-15(23)12-24-16-4-2-14(3-5-16)17(18,19)20;/h2-5,13,15,21,23H,6-12H2,1H3;1H. The van der Waals surface area contributed by atoms with E-state index in [1.807, 2.05) is 7.05 Å². The van der Waals surface area contributed by atoms with Gasteiger partial charge < -0.3 is 20.1 Å². The lowest BCUT2D eigenvalue weighted by molar-refractivity contribution is -0.137. The van der Waals surface area contributed by atoms with Crippen molar-refractivity contribution < 1.29 is 23.0 Å². The third-order valence-corrected chi connectivity index (χ3v) is 4.18. The van der Waals surface area contributed by atoms with Crippen molar-refractivity contribution in [3.8, 4) is 5.75 Å². The third kappa shape index (κ3) is 7.81. The number of nitrogens with zero attached hydrogens (tertiary/aromatic N) is 1. The maximum atomic E-state index is 12.5. The van der Waals surface area contributed by atoms with Crippen LogP contribution in [0, 0.1) is 5.92 Å². The number of alkyl halides is 3. The fourth-order valence-corrected chi connectivity index (χ4v) is 2.92. The Morgan fingerprint density at radius 3 is 2.40 bits per heavy atom. The summed E-state index contributed by atoms with van der Waals surface area (Å²) in [6.07, 6.45) is -2.75. The Kier molecular flexibility index (Phi) is 8.99. The number of benzene rings is 1. The van der Waals surface area contributed by atoms with E-state index in [1.54, 1.807) is 0 Å². The molecule has 0 bridgehead atoms. The Labute approximate surface area is 152 Å². The van der Waals surface area contributed by atoms with Gasteiger partial charge in [0.2, 0.25) is 0 Å². The van der Waals surface area contributed by atoms with Crippen molar-refractivity contribution in [1.82, 2.24) is 10.2 Å². The topological polar surface area (TPSA) is 44.7 Å². The van der Waals surface area contributed by atoms with E-state index in [9.17, 15) is 18.3 Å². The van der Waals surface area contributed by atoms with Crippen LogP contribution >= 0.6 is 12.4 Å². The van der Waals surface area contributed by atoms with Crippen molar-refractivity contribution in [1.29, 1.82) is 0 Å². The molecule has 1 fully saturated rings. The van der Waals surface area contributed by atoms with Crippen LogP contribution in [-0.2, 0) is 6.18 Å². The molecule has 1 unspecified atom stereocenters. The molecule has 2 rings (SSSR count). The first-order valence-electron chi connectivity index (χ1n) is 8.22. The van der Waals surface area contributed by atoms with Crippen molar-refractivity contribution in [2.45, 2.75) is 25.1 Å². The zero-order valence-corrected chi connectivity index (χ0v) is 15.1. The maximum Gasteiger partial charge on any atom is 0.416 e. The highest BCUT2D eigenvalue weighted by atomic mass is 35.5. The van der Waals surface area contributed by atoms with Crippen LogP contribution in [0.1, 0.15) is 18.4 Å². The summed E-state index contributed by atoms with van der Waals surface area (Å²) in [5.41, 5.74) is -0.711. The van der Waals surface area contributed by atoms with E-state index < -0.39 is 17.8 Å². The second kappa shape index (κ2) is 10.2. The molecule has 0 amide bonds. The van der Waals surface area contributed by atoms with Crippen LogP contribution < -0.4 is 10.1 Å². The monoisotopic (exact) mass is 382 g/mol. The third-order valence-electron chi connectivity index (χ3n) is 4.18. The summed E-state index contributed by atoms with van der Waals surface area (Å²) < 4.78 is 42.8. The van der Waals surface area contributed by atoms with Gasteiger partial charge in [0.15, 0.2) is 0 Å². The van der Waals surface area contributed by atoms with Crippen LogP contribution in [0.3, 0.4) is 0 Å². The van der Waals surface area contributed by atoms with Gasteiger partial charge in [-0.1, -0.05) is 0 Å². The van der Waals surface area contributed by atoms with E-state index in [2.05, 4.69) is 10.2 Å². The molecular formula is C17H26ClF3N2O2. The molecule has 1 aliphatic rings. The fourth-order valence-electron chi connectivity index (χ4n) is 2.92. The molecule has 1 aliphatic heterocycles. The van der Waals surface area contributed by atoms with Gasteiger partial charge in [0.1, 0.15) is 18.5 Å².